The fourth-order valence-corrected chi connectivity index (χ4v) is 3.14. The average molecular weight is 322 g/mol. The van der Waals surface area contributed by atoms with Crippen molar-refractivity contribution in [1.82, 2.24) is 10.2 Å². The van der Waals surface area contributed by atoms with E-state index in [4.69, 9.17) is 4.74 Å². The molecule has 0 aliphatic carbocycles. The summed E-state index contributed by atoms with van der Waals surface area (Å²) in [6, 6.07) is 10.6. The zero-order valence-electron chi connectivity index (χ0n) is 14.4. The smallest absolute Gasteiger partial charge is 0.109 e. The molecule has 3 N–H and O–H groups in total. The molecule has 2 rings (SSSR count). The van der Waals surface area contributed by atoms with E-state index in [1.807, 2.05) is 25.2 Å². The first-order valence-electron chi connectivity index (χ1n) is 8.45. The maximum atomic E-state index is 10.5. The fraction of sp³-hybridized carbons (Fsp3) is 0.667. The number of nitrogens with zero attached hydrogens (tertiary/aromatic N) is 1. The highest BCUT2D eigenvalue weighted by molar-refractivity contribution is 5.15. The van der Waals surface area contributed by atoms with Crippen molar-refractivity contribution in [3.63, 3.8) is 0 Å². The summed E-state index contributed by atoms with van der Waals surface area (Å²) in [6.07, 6.45) is -0.363. The zero-order valence-corrected chi connectivity index (χ0v) is 14.4. The minimum absolute atomic E-state index is 0.109. The van der Waals surface area contributed by atoms with Crippen molar-refractivity contribution in [2.75, 3.05) is 26.7 Å². The first kappa shape index (κ1) is 18.4. The monoisotopic (exact) mass is 322 g/mol. The van der Waals surface area contributed by atoms with E-state index in [-0.39, 0.29) is 18.8 Å². The zero-order chi connectivity index (χ0) is 16.8. The molecule has 1 fully saturated rings. The number of likely N-dealkylation sites (N-methyl/N-ethyl adjacent to an activating group) is 1. The van der Waals surface area contributed by atoms with Gasteiger partial charge in [-0.25, -0.2) is 0 Å². The molecule has 4 atom stereocenters. The van der Waals surface area contributed by atoms with E-state index < -0.39 is 12.2 Å². The normalized spacial score (nSPS) is 28.0. The molecule has 5 heteroatoms. The third-order valence-corrected chi connectivity index (χ3v) is 4.47. The number of benzene rings is 1. The topological polar surface area (TPSA) is 65.0 Å². The standard InChI is InChI=1S/C18H30N2O3/c1-13(2)19-11-15-17(18(22)16(12-21)23-15)20(3)10-9-14-7-5-4-6-8-14/h4-8,13,15-19,21-22H,9-12H2,1-3H3/t15-,16+,17+,18-/m1/s1. The molecular weight excluding hydrogens is 292 g/mol. The second kappa shape index (κ2) is 8.76. The molecule has 0 saturated carbocycles. The lowest BCUT2D eigenvalue weighted by molar-refractivity contribution is -0.0216. The highest BCUT2D eigenvalue weighted by Crippen LogP contribution is 2.25. The van der Waals surface area contributed by atoms with E-state index in [9.17, 15) is 10.2 Å². The largest absolute Gasteiger partial charge is 0.394 e. The summed E-state index contributed by atoms with van der Waals surface area (Å²) in [5.74, 6) is 0. The van der Waals surface area contributed by atoms with Gasteiger partial charge in [0.2, 0.25) is 0 Å². The minimum Gasteiger partial charge on any atom is -0.394 e. The summed E-state index contributed by atoms with van der Waals surface area (Å²) in [4.78, 5) is 2.15. The maximum Gasteiger partial charge on any atom is 0.109 e. The van der Waals surface area contributed by atoms with Gasteiger partial charge in [0.25, 0.3) is 0 Å². The highest BCUT2D eigenvalue weighted by atomic mass is 16.5. The highest BCUT2D eigenvalue weighted by Gasteiger charge is 2.44. The SMILES string of the molecule is CC(C)NC[C@H]1O[C@@H](CO)[C@@H](O)[C@H]1N(C)CCc1ccccc1. The van der Waals surface area contributed by atoms with Crippen molar-refractivity contribution in [1.29, 1.82) is 0 Å². The fourth-order valence-electron chi connectivity index (χ4n) is 3.14. The number of aliphatic hydroxyl groups excluding tert-OH is 2. The van der Waals surface area contributed by atoms with E-state index in [0.717, 1.165) is 13.0 Å². The summed E-state index contributed by atoms with van der Waals surface area (Å²) < 4.78 is 5.85. The van der Waals surface area contributed by atoms with E-state index >= 15 is 0 Å². The summed E-state index contributed by atoms with van der Waals surface area (Å²) in [5, 5.41) is 23.3. The van der Waals surface area contributed by atoms with Crippen molar-refractivity contribution in [2.45, 2.75) is 50.7 Å². The van der Waals surface area contributed by atoms with Gasteiger partial charge in [-0.2, -0.15) is 0 Å². The molecule has 1 aromatic carbocycles. The number of aliphatic hydroxyl groups is 2. The molecule has 0 bridgehead atoms. The molecule has 23 heavy (non-hydrogen) atoms. The minimum atomic E-state index is -0.667. The Balaban J connectivity index is 1.96. The van der Waals surface area contributed by atoms with Gasteiger partial charge in [-0.3, -0.25) is 4.90 Å². The number of ether oxygens (including phenoxy) is 1. The average Bonchev–Trinajstić information content (AvgIpc) is 2.87. The number of nitrogens with one attached hydrogen (secondary N) is 1. The first-order valence-corrected chi connectivity index (χ1v) is 8.45. The van der Waals surface area contributed by atoms with Crippen LogP contribution in [0.4, 0.5) is 0 Å². The van der Waals surface area contributed by atoms with Crippen LogP contribution in [-0.4, -0.2) is 72.3 Å². The molecular formula is C18H30N2O3. The lowest BCUT2D eigenvalue weighted by Gasteiger charge is -2.31. The van der Waals surface area contributed by atoms with Crippen LogP contribution in [0.5, 0.6) is 0 Å². The van der Waals surface area contributed by atoms with Gasteiger partial charge in [-0.15, -0.1) is 0 Å². The molecule has 5 nitrogen and oxygen atoms in total. The Hall–Kier alpha value is -0.980. The van der Waals surface area contributed by atoms with Crippen molar-refractivity contribution < 1.29 is 14.9 Å². The predicted molar refractivity (Wildman–Crippen MR) is 91.5 cm³/mol. The molecule has 0 spiro atoms. The Morgan fingerprint density at radius 3 is 2.52 bits per heavy atom. The van der Waals surface area contributed by atoms with Crippen LogP contribution in [0.15, 0.2) is 30.3 Å². The number of rotatable bonds is 8. The Kier molecular flexibility index (Phi) is 6.99. The summed E-state index contributed by atoms with van der Waals surface area (Å²) in [6.45, 7) is 5.53. The number of hydrogen-bond donors (Lipinski definition) is 3. The van der Waals surface area contributed by atoms with Crippen LogP contribution < -0.4 is 5.32 Å². The molecule has 1 saturated heterocycles. The summed E-state index contributed by atoms with van der Waals surface area (Å²) >= 11 is 0. The molecule has 1 heterocycles. The molecule has 130 valence electrons. The Bertz CT molecular complexity index is 455. The van der Waals surface area contributed by atoms with Gasteiger partial charge in [0.1, 0.15) is 12.2 Å². The Morgan fingerprint density at radius 2 is 1.91 bits per heavy atom. The van der Waals surface area contributed by atoms with E-state index in [2.05, 4.69) is 36.2 Å². The molecule has 1 aliphatic heterocycles. The predicted octanol–water partition coefficient (Wildman–Crippen LogP) is 0.648. The van der Waals surface area contributed by atoms with Crippen LogP contribution in [0.25, 0.3) is 0 Å². The van der Waals surface area contributed by atoms with E-state index in [0.29, 0.717) is 12.6 Å². The van der Waals surface area contributed by atoms with Gasteiger partial charge in [0.05, 0.1) is 18.8 Å². The second-order valence-electron chi connectivity index (χ2n) is 6.66. The van der Waals surface area contributed by atoms with Crippen molar-refractivity contribution in [3.05, 3.63) is 35.9 Å². The third-order valence-electron chi connectivity index (χ3n) is 4.47. The lowest BCUT2D eigenvalue weighted by Crippen LogP contribution is -2.50. The van der Waals surface area contributed by atoms with Gasteiger partial charge in [-0.05, 0) is 19.0 Å². The van der Waals surface area contributed by atoms with E-state index in [1.54, 1.807) is 0 Å². The van der Waals surface area contributed by atoms with Crippen LogP contribution in [0.2, 0.25) is 0 Å². The van der Waals surface area contributed by atoms with Crippen molar-refractivity contribution in [2.24, 2.45) is 0 Å². The summed E-state index contributed by atoms with van der Waals surface area (Å²) in [5.41, 5.74) is 1.28. The van der Waals surface area contributed by atoms with Crippen molar-refractivity contribution >= 4 is 0 Å². The van der Waals surface area contributed by atoms with Crippen molar-refractivity contribution in [3.8, 4) is 0 Å². The van der Waals surface area contributed by atoms with Crippen LogP contribution in [0.3, 0.4) is 0 Å². The Morgan fingerprint density at radius 1 is 1.22 bits per heavy atom. The second-order valence-corrected chi connectivity index (χ2v) is 6.66. The third kappa shape index (κ3) is 4.99. The maximum absolute atomic E-state index is 10.5. The van der Waals surface area contributed by atoms with Crippen LogP contribution in [0.1, 0.15) is 19.4 Å². The lowest BCUT2D eigenvalue weighted by atomic mass is 10.0. The van der Waals surface area contributed by atoms with Gasteiger partial charge in [0, 0.05) is 19.1 Å². The molecule has 1 aliphatic rings. The molecule has 0 unspecified atom stereocenters. The molecule has 1 aromatic rings. The molecule has 0 radical (unpaired) electrons. The van der Waals surface area contributed by atoms with Crippen LogP contribution in [-0.2, 0) is 11.2 Å². The molecule has 0 aromatic heterocycles. The van der Waals surface area contributed by atoms with E-state index in [1.165, 1.54) is 5.56 Å². The molecule has 0 amide bonds. The first-order chi connectivity index (χ1) is 11.0. The van der Waals surface area contributed by atoms with Gasteiger partial charge in [0.15, 0.2) is 0 Å². The quantitative estimate of drug-likeness (QED) is 0.656. The van der Waals surface area contributed by atoms with Crippen LogP contribution >= 0.6 is 0 Å². The summed E-state index contributed by atoms with van der Waals surface area (Å²) in [7, 11) is 2.02. The van der Waals surface area contributed by atoms with Gasteiger partial charge >= 0.3 is 0 Å². The van der Waals surface area contributed by atoms with Crippen LogP contribution in [0, 0.1) is 0 Å². The number of hydrogen-bond acceptors (Lipinski definition) is 5. The Labute approximate surface area is 139 Å². The van der Waals surface area contributed by atoms with Gasteiger partial charge < -0.3 is 20.3 Å². The van der Waals surface area contributed by atoms with Gasteiger partial charge in [-0.1, -0.05) is 44.2 Å².